The van der Waals surface area contributed by atoms with Gasteiger partial charge in [0.2, 0.25) is 0 Å². The van der Waals surface area contributed by atoms with Crippen LogP contribution in [0.4, 0.5) is 0 Å². The fourth-order valence-corrected chi connectivity index (χ4v) is 1.73. The number of hydrogen-bond donors (Lipinski definition) is 1. The zero-order valence-corrected chi connectivity index (χ0v) is 10.6. The topological polar surface area (TPSA) is 42.7 Å². The highest BCUT2D eigenvalue weighted by Crippen LogP contribution is 2.16. The number of aromatic nitrogens is 3. The standard InChI is InChI=1S/C13H18N4/c1-4-14-8-12-9-17(16-15-12)13-7-5-6-10(2)11(13)3/h5-7,9,14H,4,8H2,1-3H3. The summed E-state index contributed by atoms with van der Waals surface area (Å²) in [6.07, 6.45) is 1.98. The highest BCUT2D eigenvalue weighted by Gasteiger charge is 2.06. The van der Waals surface area contributed by atoms with Crippen molar-refractivity contribution in [3.05, 3.63) is 41.2 Å². The third kappa shape index (κ3) is 2.53. The first-order chi connectivity index (χ1) is 8.22. The van der Waals surface area contributed by atoms with E-state index in [9.17, 15) is 0 Å². The van der Waals surface area contributed by atoms with E-state index >= 15 is 0 Å². The molecule has 0 aliphatic rings. The van der Waals surface area contributed by atoms with Crippen molar-refractivity contribution in [2.24, 2.45) is 0 Å². The van der Waals surface area contributed by atoms with Crippen molar-refractivity contribution in [3.8, 4) is 5.69 Å². The summed E-state index contributed by atoms with van der Waals surface area (Å²) >= 11 is 0. The van der Waals surface area contributed by atoms with E-state index in [1.54, 1.807) is 0 Å². The summed E-state index contributed by atoms with van der Waals surface area (Å²) in [5.41, 5.74) is 4.58. The Hall–Kier alpha value is -1.68. The van der Waals surface area contributed by atoms with E-state index in [2.05, 4.69) is 48.5 Å². The van der Waals surface area contributed by atoms with E-state index in [0.717, 1.165) is 24.5 Å². The average Bonchev–Trinajstić information content (AvgIpc) is 2.78. The molecule has 1 N–H and O–H groups in total. The molecule has 0 saturated heterocycles. The second kappa shape index (κ2) is 5.10. The third-order valence-corrected chi connectivity index (χ3v) is 2.92. The predicted octanol–water partition coefficient (Wildman–Crippen LogP) is 1.99. The summed E-state index contributed by atoms with van der Waals surface area (Å²) in [4.78, 5) is 0. The van der Waals surface area contributed by atoms with Crippen molar-refractivity contribution < 1.29 is 0 Å². The molecule has 0 atom stereocenters. The Labute approximate surface area is 102 Å². The van der Waals surface area contributed by atoms with Gasteiger partial charge in [-0.05, 0) is 37.6 Å². The second-order valence-corrected chi connectivity index (χ2v) is 4.15. The van der Waals surface area contributed by atoms with Gasteiger partial charge in [-0.15, -0.1) is 5.10 Å². The minimum Gasteiger partial charge on any atom is -0.311 e. The van der Waals surface area contributed by atoms with Gasteiger partial charge in [0.05, 0.1) is 17.6 Å². The van der Waals surface area contributed by atoms with Gasteiger partial charge in [-0.25, -0.2) is 4.68 Å². The average molecular weight is 230 g/mol. The second-order valence-electron chi connectivity index (χ2n) is 4.15. The molecule has 2 rings (SSSR count). The molecule has 0 saturated carbocycles. The van der Waals surface area contributed by atoms with Crippen LogP contribution in [0.3, 0.4) is 0 Å². The van der Waals surface area contributed by atoms with E-state index in [-0.39, 0.29) is 0 Å². The van der Waals surface area contributed by atoms with Gasteiger partial charge >= 0.3 is 0 Å². The van der Waals surface area contributed by atoms with E-state index in [1.807, 2.05) is 16.9 Å². The van der Waals surface area contributed by atoms with Crippen molar-refractivity contribution in [3.63, 3.8) is 0 Å². The molecule has 90 valence electrons. The van der Waals surface area contributed by atoms with Crippen molar-refractivity contribution in [2.75, 3.05) is 6.54 Å². The van der Waals surface area contributed by atoms with Gasteiger partial charge in [-0.2, -0.15) is 0 Å². The Morgan fingerprint density at radius 3 is 2.88 bits per heavy atom. The summed E-state index contributed by atoms with van der Waals surface area (Å²) in [5.74, 6) is 0. The van der Waals surface area contributed by atoms with Gasteiger partial charge in [0, 0.05) is 6.54 Å². The highest BCUT2D eigenvalue weighted by atomic mass is 15.4. The van der Waals surface area contributed by atoms with E-state index < -0.39 is 0 Å². The smallest absolute Gasteiger partial charge is 0.0969 e. The molecule has 4 nitrogen and oxygen atoms in total. The molecule has 0 amide bonds. The summed E-state index contributed by atoms with van der Waals surface area (Å²) in [6, 6.07) is 6.21. The van der Waals surface area contributed by atoms with Crippen molar-refractivity contribution in [2.45, 2.75) is 27.3 Å². The predicted molar refractivity (Wildman–Crippen MR) is 68.2 cm³/mol. The molecule has 1 heterocycles. The molecular formula is C13H18N4. The van der Waals surface area contributed by atoms with Crippen LogP contribution < -0.4 is 5.32 Å². The quantitative estimate of drug-likeness (QED) is 0.873. The lowest BCUT2D eigenvalue weighted by Crippen LogP contribution is -2.11. The van der Waals surface area contributed by atoms with Gasteiger partial charge in [0.15, 0.2) is 0 Å². The number of aryl methyl sites for hydroxylation is 1. The lowest BCUT2D eigenvalue weighted by atomic mass is 10.1. The van der Waals surface area contributed by atoms with Crippen molar-refractivity contribution in [1.82, 2.24) is 20.3 Å². The van der Waals surface area contributed by atoms with Crippen LogP contribution in [0.1, 0.15) is 23.7 Å². The largest absolute Gasteiger partial charge is 0.311 e. The summed E-state index contributed by atoms with van der Waals surface area (Å²) in [5, 5.41) is 11.6. The maximum atomic E-state index is 4.17. The molecule has 0 bridgehead atoms. The van der Waals surface area contributed by atoms with Crippen LogP contribution in [0.5, 0.6) is 0 Å². The number of benzene rings is 1. The molecule has 0 unspecified atom stereocenters. The zero-order valence-electron chi connectivity index (χ0n) is 10.6. The Morgan fingerprint density at radius 2 is 2.12 bits per heavy atom. The fourth-order valence-electron chi connectivity index (χ4n) is 1.73. The van der Waals surface area contributed by atoms with E-state index in [4.69, 9.17) is 0 Å². The Balaban J connectivity index is 2.27. The first kappa shape index (κ1) is 11.8. The monoisotopic (exact) mass is 230 g/mol. The van der Waals surface area contributed by atoms with Crippen LogP contribution >= 0.6 is 0 Å². The van der Waals surface area contributed by atoms with Crippen LogP contribution in [0.15, 0.2) is 24.4 Å². The molecule has 0 aliphatic heterocycles. The van der Waals surface area contributed by atoms with Gasteiger partial charge in [-0.1, -0.05) is 24.3 Å². The minimum absolute atomic E-state index is 0.765. The maximum absolute atomic E-state index is 4.17. The molecule has 1 aromatic heterocycles. The van der Waals surface area contributed by atoms with Crippen LogP contribution in [-0.2, 0) is 6.54 Å². The molecule has 1 aromatic carbocycles. The zero-order chi connectivity index (χ0) is 12.3. The van der Waals surface area contributed by atoms with Crippen LogP contribution in [0.2, 0.25) is 0 Å². The maximum Gasteiger partial charge on any atom is 0.0969 e. The number of hydrogen-bond acceptors (Lipinski definition) is 3. The molecule has 4 heteroatoms. The molecule has 0 aliphatic carbocycles. The van der Waals surface area contributed by atoms with Gasteiger partial charge in [0.25, 0.3) is 0 Å². The lowest BCUT2D eigenvalue weighted by molar-refractivity contribution is 0.705. The molecule has 2 aromatic rings. The normalized spacial score (nSPS) is 10.8. The Morgan fingerprint density at radius 1 is 1.29 bits per heavy atom. The Bertz CT molecular complexity index is 502. The molecule has 0 fully saturated rings. The first-order valence-corrected chi connectivity index (χ1v) is 5.91. The minimum atomic E-state index is 0.765. The molecular weight excluding hydrogens is 212 g/mol. The van der Waals surface area contributed by atoms with Crippen LogP contribution in [0, 0.1) is 13.8 Å². The van der Waals surface area contributed by atoms with Crippen molar-refractivity contribution in [1.29, 1.82) is 0 Å². The van der Waals surface area contributed by atoms with E-state index in [0.29, 0.717) is 0 Å². The summed E-state index contributed by atoms with van der Waals surface area (Å²) in [7, 11) is 0. The lowest BCUT2D eigenvalue weighted by Gasteiger charge is -2.06. The fraction of sp³-hybridized carbons (Fsp3) is 0.385. The molecule has 17 heavy (non-hydrogen) atoms. The SMILES string of the molecule is CCNCc1cn(-c2cccc(C)c2C)nn1. The van der Waals surface area contributed by atoms with Gasteiger partial charge < -0.3 is 5.32 Å². The number of nitrogens with zero attached hydrogens (tertiary/aromatic N) is 3. The van der Waals surface area contributed by atoms with Gasteiger partial charge in [-0.3, -0.25) is 0 Å². The molecule has 0 radical (unpaired) electrons. The summed E-state index contributed by atoms with van der Waals surface area (Å²) in [6.45, 7) is 8.00. The van der Waals surface area contributed by atoms with Crippen molar-refractivity contribution >= 4 is 0 Å². The number of rotatable bonds is 4. The van der Waals surface area contributed by atoms with Crippen LogP contribution in [0.25, 0.3) is 5.69 Å². The molecule has 0 spiro atoms. The number of nitrogens with one attached hydrogen (secondary N) is 1. The first-order valence-electron chi connectivity index (χ1n) is 5.91. The van der Waals surface area contributed by atoms with Gasteiger partial charge in [0.1, 0.15) is 0 Å². The third-order valence-electron chi connectivity index (χ3n) is 2.92. The van der Waals surface area contributed by atoms with Crippen LogP contribution in [-0.4, -0.2) is 21.5 Å². The summed E-state index contributed by atoms with van der Waals surface area (Å²) < 4.78 is 1.84. The Kier molecular flexibility index (Phi) is 3.54. The highest BCUT2D eigenvalue weighted by molar-refractivity contribution is 5.43. The van der Waals surface area contributed by atoms with E-state index in [1.165, 1.54) is 11.1 Å².